The Hall–Kier alpha value is -0.120. The average Bonchev–Trinajstić information content (AvgIpc) is 2.87. The smallest absolute Gasteiger partial charge is 0.0728 e. The minimum Gasteiger partial charge on any atom is -0.377 e. The van der Waals surface area contributed by atoms with E-state index in [1.165, 1.54) is 32.4 Å². The molecule has 88 valence electrons. The average molecular weight is 212 g/mol. The van der Waals surface area contributed by atoms with Gasteiger partial charge in [0.25, 0.3) is 0 Å². The summed E-state index contributed by atoms with van der Waals surface area (Å²) in [6.45, 7) is 6.98. The summed E-state index contributed by atoms with van der Waals surface area (Å²) in [6, 6.07) is 0.620. The van der Waals surface area contributed by atoms with E-state index in [1.807, 2.05) is 7.05 Å². The van der Waals surface area contributed by atoms with Gasteiger partial charge in [-0.2, -0.15) is 0 Å². The monoisotopic (exact) mass is 212 g/mol. The molecule has 2 saturated heterocycles. The van der Waals surface area contributed by atoms with Crippen molar-refractivity contribution in [3.8, 4) is 0 Å². The van der Waals surface area contributed by atoms with Crippen LogP contribution in [0.1, 0.15) is 26.2 Å². The van der Waals surface area contributed by atoms with Gasteiger partial charge in [-0.25, -0.2) is 0 Å². The van der Waals surface area contributed by atoms with Crippen molar-refractivity contribution in [1.29, 1.82) is 0 Å². The maximum atomic E-state index is 5.77. The van der Waals surface area contributed by atoms with Crippen molar-refractivity contribution in [3.05, 3.63) is 0 Å². The fourth-order valence-corrected chi connectivity index (χ4v) is 2.91. The van der Waals surface area contributed by atoms with E-state index < -0.39 is 0 Å². The van der Waals surface area contributed by atoms with Gasteiger partial charge in [-0.15, -0.1) is 0 Å². The molecule has 3 atom stereocenters. The molecule has 0 spiro atoms. The van der Waals surface area contributed by atoms with E-state index in [2.05, 4.69) is 17.1 Å². The Morgan fingerprint density at radius 2 is 2.33 bits per heavy atom. The zero-order valence-corrected chi connectivity index (χ0v) is 10.0. The number of hydrogen-bond acceptors (Lipinski definition) is 3. The van der Waals surface area contributed by atoms with Crippen molar-refractivity contribution in [1.82, 2.24) is 10.2 Å². The molecule has 0 amide bonds. The summed E-state index contributed by atoms with van der Waals surface area (Å²) in [5.74, 6) is 0.846. The van der Waals surface area contributed by atoms with Crippen LogP contribution in [0, 0.1) is 5.92 Å². The van der Waals surface area contributed by atoms with Crippen molar-refractivity contribution in [2.75, 3.05) is 33.3 Å². The van der Waals surface area contributed by atoms with Gasteiger partial charge in [-0.1, -0.05) is 0 Å². The largest absolute Gasteiger partial charge is 0.377 e. The Kier molecular flexibility index (Phi) is 4.00. The molecule has 2 heterocycles. The van der Waals surface area contributed by atoms with E-state index in [0.717, 1.165) is 19.1 Å². The summed E-state index contributed by atoms with van der Waals surface area (Å²) in [5.41, 5.74) is 0. The molecule has 2 aliphatic heterocycles. The van der Waals surface area contributed by atoms with Crippen LogP contribution in [-0.2, 0) is 4.74 Å². The van der Waals surface area contributed by atoms with E-state index in [1.54, 1.807) is 0 Å². The molecule has 15 heavy (non-hydrogen) atoms. The standard InChI is InChI=1S/C12H24N2O/c1-10(12-4-3-7-15-12)14-6-5-11(9-14)8-13-2/h10-13H,3-9H2,1-2H3. The van der Waals surface area contributed by atoms with Gasteiger partial charge in [0.2, 0.25) is 0 Å². The Balaban J connectivity index is 1.79. The molecule has 3 unspecified atom stereocenters. The van der Waals surface area contributed by atoms with Crippen LogP contribution < -0.4 is 5.32 Å². The topological polar surface area (TPSA) is 24.5 Å². The van der Waals surface area contributed by atoms with Crippen molar-refractivity contribution >= 4 is 0 Å². The highest BCUT2D eigenvalue weighted by Crippen LogP contribution is 2.24. The lowest BCUT2D eigenvalue weighted by Gasteiger charge is -2.28. The summed E-state index contributed by atoms with van der Waals surface area (Å²) >= 11 is 0. The van der Waals surface area contributed by atoms with Gasteiger partial charge in [-0.05, 0) is 52.2 Å². The van der Waals surface area contributed by atoms with Crippen molar-refractivity contribution in [3.63, 3.8) is 0 Å². The van der Waals surface area contributed by atoms with Crippen LogP contribution in [0.2, 0.25) is 0 Å². The van der Waals surface area contributed by atoms with Crippen LogP contribution in [-0.4, -0.2) is 50.3 Å². The Bertz CT molecular complexity index is 192. The second kappa shape index (κ2) is 5.28. The highest BCUT2D eigenvalue weighted by Gasteiger charge is 2.31. The van der Waals surface area contributed by atoms with Crippen molar-refractivity contribution in [2.24, 2.45) is 5.92 Å². The number of rotatable bonds is 4. The highest BCUT2D eigenvalue weighted by atomic mass is 16.5. The first-order valence-electron chi connectivity index (χ1n) is 6.31. The number of likely N-dealkylation sites (tertiary alicyclic amines) is 1. The molecule has 3 nitrogen and oxygen atoms in total. The normalized spacial score (nSPS) is 34.8. The lowest BCUT2D eigenvalue weighted by molar-refractivity contribution is 0.0393. The van der Waals surface area contributed by atoms with Gasteiger partial charge in [0.15, 0.2) is 0 Å². The first-order chi connectivity index (χ1) is 7.31. The van der Waals surface area contributed by atoms with Gasteiger partial charge in [0.05, 0.1) is 6.10 Å². The second-order valence-electron chi connectivity index (χ2n) is 5.00. The van der Waals surface area contributed by atoms with E-state index >= 15 is 0 Å². The molecule has 0 saturated carbocycles. The molecule has 0 aromatic carbocycles. The number of nitrogens with one attached hydrogen (secondary N) is 1. The third-order valence-corrected chi connectivity index (χ3v) is 3.89. The molecule has 0 aliphatic carbocycles. The van der Waals surface area contributed by atoms with Gasteiger partial charge in [0.1, 0.15) is 0 Å². The second-order valence-corrected chi connectivity index (χ2v) is 5.00. The molecule has 2 fully saturated rings. The molecular formula is C12H24N2O. The molecule has 1 N–H and O–H groups in total. The van der Waals surface area contributed by atoms with Crippen LogP contribution in [0.4, 0.5) is 0 Å². The molecule has 0 radical (unpaired) electrons. The molecule has 2 rings (SSSR count). The molecule has 0 aromatic rings. The van der Waals surface area contributed by atoms with Gasteiger partial charge in [0, 0.05) is 19.2 Å². The fourth-order valence-electron chi connectivity index (χ4n) is 2.91. The third-order valence-electron chi connectivity index (χ3n) is 3.89. The number of nitrogens with zero attached hydrogens (tertiary/aromatic N) is 1. The lowest BCUT2D eigenvalue weighted by Crippen LogP contribution is -2.40. The van der Waals surface area contributed by atoms with E-state index in [0.29, 0.717) is 12.1 Å². The van der Waals surface area contributed by atoms with E-state index in [-0.39, 0.29) is 0 Å². The first kappa shape index (κ1) is 11.4. The Labute approximate surface area is 93.2 Å². The van der Waals surface area contributed by atoms with E-state index in [4.69, 9.17) is 4.74 Å². The number of ether oxygens (including phenoxy) is 1. The van der Waals surface area contributed by atoms with Crippen LogP contribution in [0.3, 0.4) is 0 Å². The molecule has 0 bridgehead atoms. The minimum absolute atomic E-state index is 0.498. The lowest BCUT2D eigenvalue weighted by atomic mass is 10.1. The van der Waals surface area contributed by atoms with Gasteiger partial charge in [-0.3, -0.25) is 4.90 Å². The fraction of sp³-hybridized carbons (Fsp3) is 1.00. The minimum atomic E-state index is 0.498. The predicted molar refractivity (Wildman–Crippen MR) is 62.0 cm³/mol. The Morgan fingerprint density at radius 3 is 3.00 bits per heavy atom. The van der Waals surface area contributed by atoms with Gasteiger partial charge < -0.3 is 10.1 Å². The van der Waals surface area contributed by atoms with Crippen LogP contribution >= 0.6 is 0 Å². The van der Waals surface area contributed by atoms with Crippen molar-refractivity contribution in [2.45, 2.75) is 38.3 Å². The molecule has 0 aromatic heterocycles. The van der Waals surface area contributed by atoms with Crippen molar-refractivity contribution < 1.29 is 4.74 Å². The van der Waals surface area contributed by atoms with Crippen LogP contribution in [0.5, 0.6) is 0 Å². The highest BCUT2D eigenvalue weighted by molar-refractivity contribution is 4.85. The van der Waals surface area contributed by atoms with Gasteiger partial charge >= 0.3 is 0 Å². The summed E-state index contributed by atoms with van der Waals surface area (Å²) in [5, 5.41) is 3.28. The molecule has 2 aliphatic rings. The third kappa shape index (κ3) is 2.71. The molecule has 3 heteroatoms. The van der Waals surface area contributed by atoms with Crippen LogP contribution in [0.15, 0.2) is 0 Å². The van der Waals surface area contributed by atoms with Crippen LogP contribution in [0.25, 0.3) is 0 Å². The maximum Gasteiger partial charge on any atom is 0.0728 e. The Morgan fingerprint density at radius 1 is 1.47 bits per heavy atom. The van der Waals surface area contributed by atoms with E-state index in [9.17, 15) is 0 Å². The summed E-state index contributed by atoms with van der Waals surface area (Å²) in [6.07, 6.45) is 4.35. The zero-order valence-electron chi connectivity index (χ0n) is 10.0. The quantitative estimate of drug-likeness (QED) is 0.755. The number of hydrogen-bond donors (Lipinski definition) is 1. The summed E-state index contributed by atoms with van der Waals surface area (Å²) < 4.78 is 5.77. The zero-order chi connectivity index (χ0) is 10.7. The predicted octanol–water partition coefficient (Wildman–Crippen LogP) is 1.10. The SMILES string of the molecule is CNCC1CCN(C(C)C2CCCO2)C1. The first-order valence-corrected chi connectivity index (χ1v) is 6.31. The summed E-state index contributed by atoms with van der Waals surface area (Å²) in [4.78, 5) is 2.61. The summed E-state index contributed by atoms with van der Waals surface area (Å²) in [7, 11) is 2.05. The maximum absolute atomic E-state index is 5.77. The molecular weight excluding hydrogens is 188 g/mol.